The molecule has 19 heavy (non-hydrogen) atoms. The van der Waals surface area contributed by atoms with Crippen LogP contribution in [0.4, 0.5) is 0 Å². The molecule has 1 heterocycles. The monoisotopic (exact) mass is 270 g/mol. The van der Waals surface area contributed by atoms with E-state index in [1.165, 1.54) is 58.0 Å². The van der Waals surface area contributed by atoms with E-state index in [1.54, 1.807) is 7.11 Å². The number of methoxy groups -OCH3 is 1. The van der Waals surface area contributed by atoms with Gasteiger partial charge in [-0.05, 0) is 32.7 Å². The third-order valence-corrected chi connectivity index (χ3v) is 4.30. The third-order valence-electron chi connectivity index (χ3n) is 4.30. The minimum atomic E-state index is 0.689. The molecule has 0 aliphatic carbocycles. The Morgan fingerprint density at radius 2 is 2.16 bits per heavy atom. The van der Waals surface area contributed by atoms with Crippen molar-refractivity contribution in [3.8, 4) is 0 Å². The molecule has 0 amide bonds. The number of ether oxygens (including phenoxy) is 1. The first-order valence-electron chi connectivity index (χ1n) is 8.24. The molecule has 1 fully saturated rings. The Labute approximate surface area is 120 Å². The van der Waals surface area contributed by atoms with Crippen molar-refractivity contribution < 1.29 is 4.74 Å². The second-order valence-corrected chi connectivity index (χ2v) is 5.98. The standard InChI is InChI=1S/C16H34N2O/c1-4-5-6-7-9-15(2)18(12-13-19-3)14-16-10-8-11-17-16/h15-17H,4-14H2,1-3H3. The first-order valence-corrected chi connectivity index (χ1v) is 8.24. The van der Waals surface area contributed by atoms with E-state index in [2.05, 4.69) is 24.1 Å². The van der Waals surface area contributed by atoms with Gasteiger partial charge in [0, 0.05) is 32.3 Å². The Morgan fingerprint density at radius 3 is 2.79 bits per heavy atom. The van der Waals surface area contributed by atoms with Crippen LogP contribution < -0.4 is 5.32 Å². The summed E-state index contributed by atoms with van der Waals surface area (Å²) in [5.41, 5.74) is 0. The maximum Gasteiger partial charge on any atom is 0.0589 e. The van der Waals surface area contributed by atoms with Gasteiger partial charge in [0.2, 0.25) is 0 Å². The first kappa shape index (κ1) is 16.9. The molecule has 1 N–H and O–H groups in total. The van der Waals surface area contributed by atoms with Crippen LogP contribution in [0.15, 0.2) is 0 Å². The number of unbranched alkanes of at least 4 members (excludes halogenated alkanes) is 3. The highest BCUT2D eigenvalue weighted by molar-refractivity contribution is 4.80. The van der Waals surface area contributed by atoms with E-state index >= 15 is 0 Å². The van der Waals surface area contributed by atoms with Crippen molar-refractivity contribution in [2.24, 2.45) is 0 Å². The fraction of sp³-hybridized carbons (Fsp3) is 1.00. The van der Waals surface area contributed by atoms with Crippen LogP contribution in [-0.2, 0) is 4.74 Å². The van der Waals surface area contributed by atoms with Crippen molar-refractivity contribution >= 4 is 0 Å². The Hall–Kier alpha value is -0.120. The zero-order chi connectivity index (χ0) is 13.9. The Kier molecular flexibility index (Phi) is 9.48. The fourth-order valence-corrected chi connectivity index (χ4v) is 2.94. The molecule has 114 valence electrons. The van der Waals surface area contributed by atoms with E-state index in [4.69, 9.17) is 4.74 Å². The fourth-order valence-electron chi connectivity index (χ4n) is 2.94. The molecule has 0 radical (unpaired) electrons. The summed E-state index contributed by atoms with van der Waals surface area (Å²) in [6.45, 7) is 8.98. The quantitative estimate of drug-likeness (QED) is 0.584. The lowest BCUT2D eigenvalue weighted by Crippen LogP contribution is -2.43. The molecule has 1 rings (SSSR count). The Balaban J connectivity index is 2.28. The van der Waals surface area contributed by atoms with Gasteiger partial charge in [0.25, 0.3) is 0 Å². The molecule has 3 nitrogen and oxygen atoms in total. The highest BCUT2D eigenvalue weighted by Gasteiger charge is 2.20. The predicted molar refractivity (Wildman–Crippen MR) is 82.7 cm³/mol. The average Bonchev–Trinajstić information content (AvgIpc) is 2.92. The summed E-state index contributed by atoms with van der Waals surface area (Å²) in [7, 11) is 1.80. The van der Waals surface area contributed by atoms with Gasteiger partial charge in [-0.2, -0.15) is 0 Å². The molecule has 0 spiro atoms. The van der Waals surface area contributed by atoms with Gasteiger partial charge in [0.15, 0.2) is 0 Å². The summed E-state index contributed by atoms with van der Waals surface area (Å²) in [6.07, 6.45) is 9.48. The van der Waals surface area contributed by atoms with Gasteiger partial charge >= 0.3 is 0 Å². The van der Waals surface area contributed by atoms with Gasteiger partial charge in [-0.3, -0.25) is 4.90 Å². The lowest BCUT2D eigenvalue weighted by Gasteiger charge is -2.31. The topological polar surface area (TPSA) is 24.5 Å². The van der Waals surface area contributed by atoms with Crippen molar-refractivity contribution in [3.63, 3.8) is 0 Å². The molecule has 0 aromatic carbocycles. The van der Waals surface area contributed by atoms with Crippen LogP contribution in [0.3, 0.4) is 0 Å². The summed E-state index contributed by atoms with van der Waals surface area (Å²) in [6, 6.07) is 1.39. The summed E-state index contributed by atoms with van der Waals surface area (Å²) in [4.78, 5) is 2.62. The lowest BCUT2D eigenvalue weighted by molar-refractivity contribution is 0.113. The highest BCUT2D eigenvalue weighted by atomic mass is 16.5. The number of rotatable bonds is 11. The maximum absolute atomic E-state index is 5.27. The summed E-state index contributed by atoms with van der Waals surface area (Å²) < 4.78 is 5.27. The van der Waals surface area contributed by atoms with Crippen LogP contribution in [-0.4, -0.2) is 50.3 Å². The van der Waals surface area contributed by atoms with Gasteiger partial charge < -0.3 is 10.1 Å². The van der Waals surface area contributed by atoms with E-state index in [0.717, 1.165) is 13.2 Å². The van der Waals surface area contributed by atoms with Crippen molar-refractivity contribution in [2.45, 2.75) is 70.9 Å². The van der Waals surface area contributed by atoms with Gasteiger partial charge in [0.05, 0.1) is 6.61 Å². The smallest absolute Gasteiger partial charge is 0.0589 e. The van der Waals surface area contributed by atoms with Crippen molar-refractivity contribution in [3.05, 3.63) is 0 Å². The van der Waals surface area contributed by atoms with Gasteiger partial charge in [-0.15, -0.1) is 0 Å². The molecular formula is C16H34N2O. The van der Waals surface area contributed by atoms with Crippen molar-refractivity contribution in [1.82, 2.24) is 10.2 Å². The molecule has 2 unspecified atom stereocenters. The van der Waals surface area contributed by atoms with Gasteiger partial charge in [-0.1, -0.05) is 32.6 Å². The summed E-state index contributed by atoms with van der Waals surface area (Å²) in [5, 5.41) is 3.61. The highest BCUT2D eigenvalue weighted by Crippen LogP contribution is 2.14. The normalized spacial score (nSPS) is 21.2. The third kappa shape index (κ3) is 7.28. The molecule has 0 aromatic heterocycles. The number of hydrogen-bond acceptors (Lipinski definition) is 3. The van der Waals surface area contributed by atoms with E-state index < -0.39 is 0 Å². The molecule has 0 bridgehead atoms. The number of nitrogens with zero attached hydrogens (tertiary/aromatic N) is 1. The second kappa shape index (κ2) is 10.6. The Bertz CT molecular complexity index is 205. The maximum atomic E-state index is 5.27. The van der Waals surface area contributed by atoms with Gasteiger partial charge in [0.1, 0.15) is 0 Å². The first-order chi connectivity index (χ1) is 9.27. The average molecular weight is 270 g/mol. The molecule has 0 aromatic rings. The van der Waals surface area contributed by atoms with E-state index in [0.29, 0.717) is 12.1 Å². The van der Waals surface area contributed by atoms with Crippen LogP contribution in [0.2, 0.25) is 0 Å². The molecule has 1 aliphatic heterocycles. The molecule has 3 heteroatoms. The number of hydrogen-bond donors (Lipinski definition) is 1. The largest absolute Gasteiger partial charge is 0.383 e. The predicted octanol–water partition coefficient (Wildman–Crippen LogP) is 3.05. The number of nitrogens with one attached hydrogen (secondary N) is 1. The van der Waals surface area contributed by atoms with Gasteiger partial charge in [-0.25, -0.2) is 0 Å². The SMILES string of the molecule is CCCCCCC(C)N(CCOC)CC1CCCN1. The van der Waals surface area contributed by atoms with Crippen LogP contribution in [0, 0.1) is 0 Å². The van der Waals surface area contributed by atoms with Crippen LogP contribution in [0.5, 0.6) is 0 Å². The summed E-state index contributed by atoms with van der Waals surface area (Å²) in [5.74, 6) is 0. The minimum Gasteiger partial charge on any atom is -0.383 e. The van der Waals surface area contributed by atoms with Crippen LogP contribution in [0.1, 0.15) is 58.8 Å². The molecular weight excluding hydrogens is 236 g/mol. The zero-order valence-electron chi connectivity index (χ0n) is 13.3. The zero-order valence-corrected chi connectivity index (χ0v) is 13.3. The molecule has 1 aliphatic rings. The van der Waals surface area contributed by atoms with E-state index in [9.17, 15) is 0 Å². The Morgan fingerprint density at radius 1 is 1.32 bits per heavy atom. The van der Waals surface area contributed by atoms with E-state index in [1.807, 2.05) is 0 Å². The van der Waals surface area contributed by atoms with E-state index in [-0.39, 0.29) is 0 Å². The van der Waals surface area contributed by atoms with Crippen molar-refractivity contribution in [2.75, 3.05) is 33.4 Å². The van der Waals surface area contributed by atoms with Crippen LogP contribution >= 0.6 is 0 Å². The molecule has 1 saturated heterocycles. The second-order valence-electron chi connectivity index (χ2n) is 5.98. The van der Waals surface area contributed by atoms with Crippen molar-refractivity contribution in [1.29, 1.82) is 0 Å². The molecule has 0 saturated carbocycles. The lowest BCUT2D eigenvalue weighted by atomic mass is 10.1. The minimum absolute atomic E-state index is 0.689. The molecule has 2 atom stereocenters. The summed E-state index contributed by atoms with van der Waals surface area (Å²) >= 11 is 0. The van der Waals surface area contributed by atoms with Crippen LogP contribution in [0.25, 0.3) is 0 Å².